The van der Waals surface area contributed by atoms with Crippen LogP contribution >= 0.6 is 15.9 Å². The third-order valence-corrected chi connectivity index (χ3v) is 3.87. The highest BCUT2D eigenvalue weighted by Gasteiger charge is 2.10. The van der Waals surface area contributed by atoms with E-state index in [1.807, 2.05) is 18.2 Å². The summed E-state index contributed by atoms with van der Waals surface area (Å²) in [6, 6.07) is 5.79. The summed E-state index contributed by atoms with van der Waals surface area (Å²) in [5.74, 6) is 1.72. The number of benzene rings is 1. The SMILES string of the molecule is COc1ccc(OCCN2CCCCC2)c(Br)c1. The quantitative estimate of drug-likeness (QED) is 0.832. The molecule has 1 fully saturated rings. The van der Waals surface area contributed by atoms with Gasteiger partial charge < -0.3 is 9.47 Å². The van der Waals surface area contributed by atoms with Gasteiger partial charge in [0.05, 0.1) is 11.6 Å². The van der Waals surface area contributed by atoms with Crippen molar-refractivity contribution < 1.29 is 9.47 Å². The lowest BCUT2D eigenvalue weighted by Crippen LogP contribution is -2.33. The Morgan fingerprint density at radius 2 is 2.00 bits per heavy atom. The number of methoxy groups -OCH3 is 1. The van der Waals surface area contributed by atoms with E-state index in [4.69, 9.17) is 9.47 Å². The van der Waals surface area contributed by atoms with Gasteiger partial charge in [0.1, 0.15) is 18.1 Å². The fraction of sp³-hybridized carbons (Fsp3) is 0.571. The largest absolute Gasteiger partial charge is 0.497 e. The number of halogens is 1. The van der Waals surface area contributed by atoms with Crippen LogP contribution in [0.5, 0.6) is 11.5 Å². The van der Waals surface area contributed by atoms with Gasteiger partial charge in [-0.2, -0.15) is 0 Å². The first-order valence-electron chi connectivity index (χ1n) is 6.48. The lowest BCUT2D eigenvalue weighted by Gasteiger charge is -2.26. The molecule has 1 aliphatic rings. The zero-order valence-corrected chi connectivity index (χ0v) is 12.4. The molecule has 3 nitrogen and oxygen atoms in total. The molecule has 0 unspecified atom stereocenters. The van der Waals surface area contributed by atoms with Gasteiger partial charge in [-0.15, -0.1) is 0 Å². The fourth-order valence-corrected chi connectivity index (χ4v) is 2.67. The zero-order chi connectivity index (χ0) is 12.8. The first-order chi connectivity index (χ1) is 8.79. The normalized spacial score (nSPS) is 16.6. The van der Waals surface area contributed by atoms with Crippen molar-refractivity contribution in [3.05, 3.63) is 22.7 Å². The highest BCUT2D eigenvalue weighted by molar-refractivity contribution is 9.10. The first-order valence-corrected chi connectivity index (χ1v) is 7.27. The molecule has 0 atom stereocenters. The lowest BCUT2D eigenvalue weighted by atomic mass is 10.1. The third-order valence-electron chi connectivity index (χ3n) is 3.25. The van der Waals surface area contributed by atoms with E-state index >= 15 is 0 Å². The average molecular weight is 314 g/mol. The second kappa shape index (κ2) is 7.00. The number of rotatable bonds is 5. The van der Waals surface area contributed by atoms with Gasteiger partial charge in [-0.3, -0.25) is 4.90 Å². The summed E-state index contributed by atoms with van der Waals surface area (Å²) in [5.41, 5.74) is 0. The predicted octanol–water partition coefficient (Wildman–Crippen LogP) is 3.32. The number of ether oxygens (including phenoxy) is 2. The second-order valence-corrected chi connectivity index (χ2v) is 5.40. The van der Waals surface area contributed by atoms with Crippen molar-refractivity contribution in [3.8, 4) is 11.5 Å². The molecule has 1 aromatic carbocycles. The van der Waals surface area contributed by atoms with Crippen molar-refractivity contribution in [2.24, 2.45) is 0 Å². The van der Waals surface area contributed by atoms with Crippen molar-refractivity contribution in [1.29, 1.82) is 0 Å². The van der Waals surface area contributed by atoms with Crippen LogP contribution in [0.25, 0.3) is 0 Å². The van der Waals surface area contributed by atoms with Gasteiger partial charge in [-0.25, -0.2) is 0 Å². The summed E-state index contributed by atoms with van der Waals surface area (Å²) in [7, 11) is 1.67. The number of likely N-dealkylation sites (tertiary alicyclic amines) is 1. The third kappa shape index (κ3) is 3.89. The Hall–Kier alpha value is -0.740. The monoisotopic (exact) mass is 313 g/mol. The molecule has 0 spiro atoms. The van der Waals surface area contributed by atoms with Gasteiger partial charge in [0.2, 0.25) is 0 Å². The van der Waals surface area contributed by atoms with Gasteiger partial charge in [0, 0.05) is 6.54 Å². The van der Waals surface area contributed by atoms with Crippen molar-refractivity contribution in [2.75, 3.05) is 33.4 Å². The van der Waals surface area contributed by atoms with E-state index in [0.717, 1.165) is 29.1 Å². The maximum Gasteiger partial charge on any atom is 0.133 e. The Kier molecular flexibility index (Phi) is 5.32. The second-order valence-electron chi connectivity index (χ2n) is 4.55. The van der Waals surface area contributed by atoms with E-state index in [1.54, 1.807) is 7.11 Å². The van der Waals surface area contributed by atoms with Crippen LogP contribution in [0, 0.1) is 0 Å². The molecular formula is C14H20BrNO2. The Morgan fingerprint density at radius 3 is 2.67 bits per heavy atom. The Balaban J connectivity index is 1.79. The van der Waals surface area contributed by atoms with Gasteiger partial charge >= 0.3 is 0 Å². The molecular weight excluding hydrogens is 294 g/mol. The summed E-state index contributed by atoms with van der Waals surface area (Å²) in [5, 5.41) is 0. The minimum absolute atomic E-state index is 0.741. The molecule has 0 radical (unpaired) electrons. The van der Waals surface area contributed by atoms with Gasteiger partial charge in [-0.1, -0.05) is 6.42 Å². The molecule has 4 heteroatoms. The Labute approximate surface area is 117 Å². The number of hydrogen-bond donors (Lipinski definition) is 0. The highest BCUT2D eigenvalue weighted by Crippen LogP contribution is 2.29. The summed E-state index contributed by atoms with van der Waals surface area (Å²) in [6.07, 6.45) is 4.03. The van der Waals surface area contributed by atoms with E-state index in [-0.39, 0.29) is 0 Å². The van der Waals surface area contributed by atoms with Crippen LogP contribution in [0.3, 0.4) is 0 Å². The molecule has 0 N–H and O–H groups in total. The Morgan fingerprint density at radius 1 is 1.22 bits per heavy atom. The van der Waals surface area contributed by atoms with E-state index < -0.39 is 0 Å². The zero-order valence-electron chi connectivity index (χ0n) is 10.8. The minimum Gasteiger partial charge on any atom is -0.497 e. The van der Waals surface area contributed by atoms with Gasteiger partial charge in [0.15, 0.2) is 0 Å². The molecule has 2 rings (SSSR count). The smallest absolute Gasteiger partial charge is 0.133 e. The van der Waals surface area contributed by atoms with Crippen molar-refractivity contribution >= 4 is 15.9 Å². The van der Waals surface area contributed by atoms with Gasteiger partial charge in [0.25, 0.3) is 0 Å². The first kappa shape index (κ1) is 13.7. The summed E-state index contributed by atoms with van der Waals surface area (Å²) >= 11 is 3.50. The molecule has 18 heavy (non-hydrogen) atoms. The lowest BCUT2D eigenvalue weighted by molar-refractivity contribution is 0.183. The van der Waals surface area contributed by atoms with Crippen LogP contribution < -0.4 is 9.47 Å². The van der Waals surface area contributed by atoms with Crippen LogP contribution in [0.4, 0.5) is 0 Å². The summed E-state index contributed by atoms with van der Waals surface area (Å²) < 4.78 is 11.9. The molecule has 1 aliphatic heterocycles. The molecule has 0 saturated carbocycles. The number of piperidine rings is 1. The number of nitrogens with zero attached hydrogens (tertiary/aromatic N) is 1. The Bertz CT molecular complexity index is 378. The van der Waals surface area contributed by atoms with E-state index in [9.17, 15) is 0 Å². The molecule has 0 aromatic heterocycles. The molecule has 100 valence electrons. The molecule has 1 heterocycles. The minimum atomic E-state index is 0.741. The molecule has 0 aliphatic carbocycles. The molecule has 0 amide bonds. The van der Waals surface area contributed by atoms with Crippen LogP contribution in [-0.4, -0.2) is 38.3 Å². The van der Waals surface area contributed by atoms with Gasteiger partial charge in [-0.05, 0) is 60.1 Å². The summed E-state index contributed by atoms with van der Waals surface area (Å²) in [4.78, 5) is 2.47. The average Bonchev–Trinajstić information content (AvgIpc) is 2.42. The van der Waals surface area contributed by atoms with Crippen molar-refractivity contribution in [1.82, 2.24) is 4.90 Å². The molecule has 1 saturated heterocycles. The van der Waals surface area contributed by atoms with Crippen molar-refractivity contribution in [3.63, 3.8) is 0 Å². The molecule has 1 aromatic rings. The van der Waals surface area contributed by atoms with E-state index in [1.165, 1.54) is 32.4 Å². The maximum atomic E-state index is 5.79. The van der Waals surface area contributed by atoms with Crippen LogP contribution in [-0.2, 0) is 0 Å². The van der Waals surface area contributed by atoms with Crippen LogP contribution in [0.1, 0.15) is 19.3 Å². The van der Waals surface area contributed by atoms with E-state index in [2.05, 4.69) is 20.8 Å². The predicted molar refractivity (Wildman–Crippen MR) is 76.5 cm³/mol. The summed E-state index contributed by atoms with van der Waals surface area (Å²) in [6.45, 7) is 4.18. The number of hydrogen-bond acceptors (Lipinski definition) is 3. The van der Waals surface area contributed by atoms with E-state index in [0.29, 0.717) is 0 Å². The highest BCUT2D eigenvalue weighted by atomic mass is 79.9. The molecule has 0 bridgehead atoms. The topological polar surface area (TPSA) is 21.7 Å². The maximum absolute atomic E-state index is 5.79. The van der Waals surface area contributed by atoms with Crippen LogP contribution in [0.15, 0.2) is 22.7 Å². The van der Waals surface area contributed by atoms with Crippen molar-refractivity contribution in [2.45, 2.75) is 19.3 Å². The standard InChI is InChI=1S/C14H20BrNO2/c1-17-12-5-6-14(13(15)11-12)18-10-9-16-7-3-2-4-8-16/h5-6,11H,2-4,7-10H2,1H3. The fourth-order valence-electron chi connectivity index (χ4n) is 2.19. The van der Waals surface area contributed by atoms with Crippen LogP contribution in [0.2, 0.25) is 0 Å².